The van der Waals surface area contributed by atoms with E-state index in [1.54, 1.807) is 0 Å². The summed E-state index contributed by atoms with van der Waals surface area (Å²) in [5, 5.41) is 2.69. The smallest absolute Gasteiger partial charge is 0.251 e. The van der Waals surface area contributed by atoms with Gasteiger partial charge in [-0.05, 0) is 12.3 Å². The van der Waals surface area contributed by atoms with E-state index in [2.05, 4.69) is 5.32 Å². The summed E-state index contributed by atoms with van der Waals surface area (Å²) in [5.41, 5.74) is 5.55. The van der Waals surface area contributed by atoms with Gasteiger partial charge in [-0.3, -0.25) is 19.3 Å². The van der Waals surface area contributed by atoms with Crippen molar-refractivity contribution in [2.75, 3.05) is 13.6 Å². The Kier molecular flexibility index (Phi) is 4.84. The first-order valence-electron chi connectivity index (χ1n) is 6.19. The zero-order valence-electron chi connectivity index (χ0n) is 11.1. The van der Waals surface area contributed by atoms with E-state index in [4.69, 9.17) is 5.73 Å². The lowest BCUT2D eigenvalue weighted by atomic mass is 9.94. The van der Waals surface area contributed by atoms with Crippen LogP contribution >= 0.6 is 0 Å². The van der Waals surface area contributed by atoms with E-state index in [0.29, 0.717) is 6.42 Å². The van der Waals surface area contributed by atoms with Crippen molar-refractivity contribution >= 4 is 17.7 Å². The second-order valence-electron chi connectivity index (χ2n) is 4.98. The van der Waals surface area contributed by atoms with Crippen LogP contribution in [0.1, 0.15) is 26.7 Å². The van der Waals surface area contributed by atoms with Gasteiger partial charge in [0.25, 0.3) is 5.91 Å². The lowest BCUT2D eigenvalue weighted by Crippen LogP contribution is -2.54. The molecule has 6 heteroatoms. The highest BCUT2D eigenvalue weighted by atomic mass is 16.2. The lowest BCUT2D eigenvalue weighted by molar-refractivity contribution is -0.149. The fourth-order valence-corrected chi connectivity index (χ4v) is 2.01. The van der Waals surface area contributed by atoms with Gasteiger partial charge < -0.3 is 11.1 Å². The number of likely N-dealkylation sites (tertiary alicyclic amines) is 1. The molecule has 1 fully saturated rings. The number of hydrogen-bond donors (Lipinski definition) is 2. The Hall–Kier alpha value is -1.43. The maximum Gasteiger partial charge on any atom is 0.251 e. The Morgan fingerprint density at radius 2 is 2.11 bits per heavy atom. The second-order valence-corrected chi connectivity index (χ2v) is 4.98. The average molecular weight is 255 g/mol. The standard InChI is InChI=1S/C12H21N3O3/c1-7(2)8(6-13)11(17)14-9-4-5-10(16)15(3)12(9)18/h7-9H,4-6,13H2,1-3H3,(H,14,17). The second kappa shape index (κ2) is 5.95. The topological polar surface area (TPSA) is 92.5 Å². The Bertz CT molecular complexity index is 354. The molecular formula is C12H21N3O3. The summed E-state index contributed by atoms with van der Waals surface area (Å²) in [5.74, 6) is -0.953. The molecular weight excluding hydrogens is 234 g/mol. The van der Waals surface area contributed by atoms with Gasteiger partial charge in [-0.2, -0.15) is 0 Å². The van der Waals surface area contributed by atoms with Crippen LogP contribution in [0.5, 0.6) is 0 Å². The molecule has 0 saturated carbocycles. The zero-order chi connectivity index (χ0) is 13.9. The monoisotopic (exact) mass is 255 g/mol. The molecule has 3 N–H and O–H groups in total. The van der Waals surface area contributed by atoms with Crippen molar-refractivity contribution in [3.63, 3.8) is 0 Å². The van der Waals surface area contributed by atoms with Crippen molar-refractivity contribution in [1.29, 1.82) is 0 Å². The van der Waals surface area contributed by atoms with Gasteiger partial charge in [0.1, 0.15) is 6.04 Å². The number of carbonyl (C=O) groups is 3. The number of amides is 3. The molecule has 0 bridgehead atoms. The largest absolute Gasteiger partial charge is 0.344 e. The molecule has 18 heavy (non-hydrogen) atoms. The number of likely N-dealkylation sites (N-methyl/N-ethyl adjacent to an activating group) is 1. The van der Waals surface area contributed by atoms with E-state index in [-0.39, 0.29) is 42.5 Å². The third-order valence-electron chi connectivity index (χ3n) is 3.36. The normalized spacial score (nSPS) is 22.3. The van der Waals surface area contributed by atoms with Crippen molar-refractivity contribution in [3.05, 3.63) is 0 Å². The highest BCUT2D eigenvalue weighted by Gasteiger charge is 2.34. The molecule has 1 aliphatic heterocycles. The van der Waals surface area contributed by atoms with Gasteiger partial charge in [0.15, 0.2) is 0 Å². The van der Waals surface area contributed by atoms with Crippen molar-refractivity contribution in [3.8, 4) is 0 Å². The van der Waals surface area contributed by atoms with Crippen molar-refractivity contribution in [2.24, 2.45) is 17.6 Å². The number of nitrogens with two attached hydrogens (primary N) is 1. The molecule has 1 heterocycles. The minimum absolute atomic E-state index is 0.119. The first-order chi connectivity index (χ1) is 8.38. The molecule has 0 aromatic rings. The van der Waals surface area contributed by atoms with Gasteiger partial charge in [-0.1, -0.05) is 13.8 Å². The molecule has 1 saturated heterocycles. The quantitative estimate of drug-likeness (QED) is 0.661. The molecule has 6 nitrogen and oxygen atoms in total. The number of imide groups is 1. The predicted molar refractivity (Wildman–Crippen MR) is 66.3 cm³/mol. The van der Waals surface area contributed by atoms with Gasteiger partial charge in [-0.25, -0.2) is 0 Å². The summed E-state index contributed by atoms with van der Waals surface area (Å²) in [4.78, 5) is 36.2. The maximum absolute atomic E-state index is 12.0. The van der Waals surface area contributed by atoms with E-state index in [1.807, 2.05) is 13.8 Å². The third-order valence-corrected chi connectivity index (χ3v) is 3.36. The molecule has 2 unspecified atom stereocenters. The maximum atomic E-state index is 12.0. The van der Waals surface area contributed by atoms with Gasteiger partial charge in [-0.15, -0.1) is 0 Å². The predicted octanol–water partition coefficient (Wildman–Crippen LogP) is -0.519. The van der Waals surface area contributed by atoms with Gasteiger partial charge in [0, 0.05) is 20.0 Å². The lowest BCUT2D eigenvalue weighted by Gasteiger charge is -2.29. The molecule has 102 valence electrons. The van der Waals surface area contributed by atoms with Crippen LogP contribution < -0.4 is 11.1 Å². The SMILES string of the molecule is CC(C)C(CN)C(=O)NC1CCC(=O)N(C)C1=O. The Balaban J connectivity index is 2.65. The Morgan fingerprint density at radius 1 is 1.50 bits per heavy atom. The molecule has 0 radical (unpaired) electrons. The highest BCUT2D eigenvalue weighted by Crippen LogP contribution is 2.14. The van der Waals surface area contributed by atoms with E-state index in [1.165, 1.54) is 7.05 Å². The van der Waals surface area contributed by atoms with E-state index in [0.717, 1.165) is 4.90 Å². The van der Waals surface area contributed by atoms with Gasteiger partial charge in [0.2, 0.25) is 11.8 Å². The van der Waals surface area contributed by atoms with Crippen LogP contribution in [0.15, 0.2) is 0 Å². The molecule has 2 atom stereocenters. The molecule has 1 aliphatic rings. The zero-order valence-corrected chi connectivity index (χ0v) is 11.1. The van der Waals surface area contributed by atoms with Crippen molar-refractivity contribution < 1.29 is 14.4 Å². The minimum Gasteiger partial charge on any atom is -0.344 e. The van der Waals surface area contributed by atoms with Crippen LogP contribution in [0, 0.1) is 11.8 Å². The first-order valence-corrected chi connectivity index (χ1v) is 6.19. The molecule has 1 rings (SSSR count). The average Bonchev–Trinajstić information content (AvgIpc) is 2.30. The summed E-state index contributed by atoms with van der Waals surface area (Å²) in [7, 11) is 1.44. The number of hydrogen-bond acceptors (Lipinski definition) is 4. The van der Waals surface area contributed by atoms with Crippen LogP contribution in [0.2, 0.25) is 0 Å². The fourth-order valence-electron chi connectivity index (χ4n) is 2.01. The summed E-state index contributed by atoms with van der Waals surface area (Å²) >= 11 is 0. The molecule has 0 aromatic heterocycles. The number of carbonyl (C=O) groups excluding carboxylic acids is 3. The molecule has 0 aliphatic carbocycles. The summed E-state index contributed by atoms with van der Waals surface area (Å²) < 4.78 is 0. The van der Waals surface area contributed by atoms with E-state index < -0.39 is 6.04 Å². The molecule has 0 spiro atoms. The van der Waals surface area contributed by atoms with Gasteiger partial charge >= 0.3 is 0 Å². The van der Waals surface area contributed by atoms with E-state index >= 15 is 0 Å². The summed E-state index contributed by atoms with van der Waals surface area (Å²) in [6.07, 6.45) is 0.644. The summed E-state index contributed by atoms with van der Waals surface area (Å²) in [6.45, 7) is 4.07. The minimum atomic E-state index is -0.604. The van der Waals surface area contributed by atoms with Crippen LogP contribution in [0.3, 0.4) is 0 Å². The fraction of sp³-hybridized carbons (Fsp3) is 0.750. The van der Waals surface area contributed by atoms with Crippen molar-refractivity contribution in [1.82, 2.24) is 10.2 Å². The Morgan fingerprint density at radius 3 is 2.61 bits per heavy atom. The summed E-state index contributed by atoms with van der Waals surface area (Å²) in [6, 6.07) is -0.604. The van der Waals surface area contributed by atoms with Crippen molar-refractivity contribution in [2.45, 2.75) is 32.7 Å². The van der Waals surface area contributed by atoms with Gasteiger partial charge in [0.05, 0.1) is 5.92 Å². The van der Waals surface area contributed by atoms with Crippen LogP contribution in [0.4, 0.5) is 0 Å². The number of rotatable bonds is 4. The first kappa shape index (κ1) is 14.6. The van der Waals surface area contributed by atoms with Crippen LogP contribution in [0.25, 0.3) is 0 Å². The van der Waals surface area contributed by atoms with E-state index in [9.17, 15) is 14.4 Å². The number of nitrogens with zero attached hydrogens (tertiary/aromatic N) is 1. The van der Waals surface area contributed by atoms with Crippen LogP contribution in [-0.2, 0) is 14.4 Å². The highest BCUT2D eigenvalue weighted by molar-refractivity contribution is 6.01. The van der Waals surface area contributed by atoms with Crippen LogP contribution in [-0.4, -0.2) is 42.3 Å². The third kappa shape index (κ3) is 3.07. The number of nitrogens with one attached hydrogen (secondary N) is 1. The number of piperidine rings is 1. The molecule has 0 aromatic carbocycles. The Labute approximate surface area is 107 Å². The molecule has 3 amide bonds.